The van der Waals surface area contributed by atoms with Crippen molar-refractivity contribution in [1.29, 1.82) is 0 Å². The Labute approximate surface area is 114 Å². The van der Waals surface area contributed by atoms with E-state index < -0.39 is 4.92 Å². The molecule has 0 aliphatic heterocycles. The smallest absolute Gasteiger partial charge is 0.306 e. The van der Waals surface area contributed by atoms with Gasteiger partial charge in [0.2, 0.25) is 0 Å². The first-order valence-electron chi connectivity index (χ1n) is 5.70. The highest BCUT2D eigenvalue weighted by atomic mass is 35.5. The van der Waals surface area contributed by atoms with Gasteiger partial charge in [-0.1, -0.05) is 17.7 Å². The molecule has 0 amide bonds. The number of nitrogens with zero attached hydrogens (tertiary/aromatic N) is 3. The summed E-state index contributed by atoms with van der Waals surface area (Å²) in [5.74, 6) is 0.707. The first-order chi connectivity index (χ1) is 9.15. The largest absolute Gasteiger partial charge is 0.493 e. The summed E-state index contributed by atoms with van der Waals surface area (Å²) in [5, 5.41) is 15.0. The minimum atomic E-state index is -0.466. The first kappa shape index (κ1) is 13.4. The van der Waals surface area contributed by atoms with Gasteiger partial charge in [0, 0.05) is 18.0 Å². The molecule has 1 heterocycles. The van der Waals surface area contributed by atoms with Crippen LogP contribution < -0.4 is 4.74 Å². The lowest BCUT2D eigenvalue weighted by Crippen LogP contribution is -2.04. The zero-order valence-corrected chi connectivity index (χ0v) is 10.8. The molecule has 0 saturated heterocycles. The minimum Gasteiger partial charge on any atom is -0.493 e. The molecule has 1 aromatic carbocycles. The Bertz CT molecular complexity index is 571. The molecular formula is C12H12ClN3O3. The Morgan fingerprint density at radius 3 is 3.00 bits per heavy atom. The van der Waals surface area contributed by atoms with E-state index in [9.17, 15) is 10.1 Å². The Kier molecular flexibility index (Phi) is 4.35. The van der Waals surface area contributed by atoms with E-state index in [2.05, 4.69) is 5.10 Å². The number of halogens is 1. The molecule has 0 fully saturated rings. The van der Waals surface area contributed by atoms with Gasteiger partial charge in [-0.05, 0) is 18.2 Å². The van der Waals surface area contributed by atoms with Crippen LogP contribution in [0.2, 0.25) is 5.02 Å². The van der Waals surface area contributed by atoms with E-state index in [1.54, 1.807) is 12.1 Å². The molecule has 0 aliphatic carbocycles. The molecule has 0 aliphatic rings. The second kappa shape index (κ2) is 6.19. The van der Waals surface area contributed by atoms with Crippen molar-refractivity contribution in [3.63, 3.8) is 0 Å². The van der Waals surface area contributed by atoms with Gasteiger partial charge in [-0.15, -0.1) is 0 Å². The number of hydrogen-bond donors (Lipinski definition) is 0. The number of hydrogen-bond acceptors (Lipinski definition) is 4. The monoisotopic (exact) mass is 281 g/mol. The molecule has 0 unspecified atom stereocenters. The molecule has 2 rings (SSSR count). The number of nitro groups is 1. The van der Waals surface area contributed by atoms with Crippen molar-refractivity contribution in [3.8, 4) is 5.75 Å². The Morgan fingerprint density at radius 2 is 2.32 bits per heavy atom. The van der Waals surface area contributed by atoms with Crippen LogP contribution in [-0.4, -0.2) is 21.3 Å². The van der Waals surface area contributed by atoms with Gasteiger partial charge >= 0.3 is 5.69 Å². The molecule has 0 N–H and O–H groups in total. The molecule has 0 saturated carbocycles. The molecule has 0 atom stereocenters. The topological polar surface area (TPSA) is 70.2 Å². The lowest BCUT2D eigenvalue weighted by atomic mass is 10.3. The lowest BCUT2D eigenvalue weighted by molar-refractivity contribution is -0.385. The Hall–Kier alpha value is -2.08. The highest BCUT2D eigenvalue weighted by Crippen LogP contribution is 2.17. The number of aromatic nitrogens is 2. The van der Waals surface area contributed by atoms with Crippen molar-refractivity contribution in [1.82, 2.24) is 9.78 Å². The summed E-state index contributed by atoms with van der Waals surface area (Å²) in [4.78, 5) is 10.0. The molecule has 19 heavy (non-hydrogen) atoms. The van der Waals surface area contributed by atoms with Gasteiger partial charge in [0.05, 0.1) is 11.5 Å². The summed E-state index contributed by atoms with van der Waals surface area (Å²) < 4.78 is 7.03. The number of aryl methyl sites for hydroxylation is 1. The maximum absolute atomic E-state index is 10.5. The summed E-state index contributed by atoms with van der Waals surface area (Å²) in [7, 11) is 0. The van der Waals surface area contributed by atoms with Crippen molar-refractivity contribution in [2.75, 3.05) is 6.61 Å². The summed E-state index contributed by atoms with van der Waals surface area (Å²) in [6.45, 7) is 1.06. The Morgan fingerprint density at radius 1 is 1.47 bits per heavy atom. The molecule has 100 valence electrons. The van der Waals surface area contributed by atoms with E-state index in [-0.39, 0.29) is 5.69 Å². The quantitative estimate of drug-likeness (QED) is 0.464. The number of rotatable bonds is 6. The van der Waals surface area contributed by atoms with Crippen LogP contribution in [0.25, 0.3) is 0 Å². The molecule has 0 spiro atoms. The average Bonchev–Trinajstić information content (AvgIpc) is 2.84. The fraction of sp³-hybridized carbons (Fsp3) is 0.250. The van der Waals surface area contributed by atoms with Crippen molar-refractivity contribution >= 4 is 17.3 Å². The third kappa shape index (κ3) is 3.96. The normalized spacial score (nSPS) is 10.4. The van der Waals surface area contributed by atoms with Crippen LogP contribution in [0.3, 0.4) is 0 Å². The first-order valence-corrected chi connectivity index (χ1v) is 6.08. The molecule has 0 bridgehead atoms. The van der Waals surface area contributed by atoms with Crippen LogP contribution >= 0.6 is 11.6 Å². The van der Waals surface area contributed by atoms with E-state index in [4.69, 9.17) is 16.3 Å². The molecular weight excluding hydrogens is 270 g/mol. The third-order valence-electron chi connectivity index (χ3n) is 2.43. The summed E-state index contributed by atoms with van der Waals surface area (Å²) in [5.41, 5.74) is -0.00393. The van der Waals surface area contributed by atoms with Crippen LogP contribution in [-0.2, 0) is 6.54 Å². The van der Waals surface area contributed by atoms with E-state index >= 15 is 0 Å². The maximum Gasteiger partial charge on any atom is 0.306 e. The predicted octanol–water partition coefficient (Wildman–Crippen LogP) is 2.91. The van der Waals surface area contributed by atoms with Gasteiger partial charge in [0.1, 0.15) is 18.1 Å². The Balaban J connectivity index is 1.76. The summed E-state index contributed by atoms with van der Waals surface area (Å²) in [6.07, 6.45) is 3.34. The van der Waals surface area contributed by atoms with Crippen LogP contribution in [0.15, 0.2) is 36.7 Å². The molecule has 1 aromatic heterocycles. The minimum absolute atomic E-state index is 0.00393. The predicted molar refractivity (Wildman–Crippen MR) is 70.4 cm³/mol. The van der Waals surface area contributed by atoms with Gasteiger partial charge < -0.3 is 4.74 Å². The fourth-order valence-corrected chi connectivity index (χ4v) is 1.72. The fourth-order valence-electron chi connectivity index (χ4n) is 1.54. The van der Waals surface area contributed by atoms with E-state index in [1.807, 2.05) is 12.1 Å². The van der Waals surface area contributed by atoms with E-state index in [0.717, 1.165) is 0 Å². The van der Waals surface area contributed by atoms with Crippen LogP contribution in [0, 0.1) is 10.1 Å². The second-order valence-corrected chi connectivity index (χ2v) is 4.31. The zero-order chi connectivity index (χ0) is 13.7. The van der Waals surface area contributed by atoms with Crippen LogP contribution in [0.5, 0.6) is 5.75 Å². The molecule has 7 heteroatoms. The maximum atomic E-state index is 10.5. The average molecular weight is 282 g/mol. The van der Waals surface area contributed by atoms with E-state index in [0.29, 0.717) is 30.3 Å². The summed E-state index contributed by atoms with van der Waals surface area (Å²) in [6, 6.07) is 7.15. The second-order valence-electron chi connectivity index (χ2n) is 3.88. The lowest BCUT2D eigenvalue weighted by Gasteiger charge is -2.06. The summed E-state index contributed by atoms with van der Waals surface area (Å²) >= 11 is 5.83. The third-order valence-corrected chi connectivity index (χ3v) is 2.66. The van der Waals surface area contributed by atoms with Gasteiger partial charge in [0.25, 0.3) is 0 Å². The van der Waals surface area contributed by atoms with Crippen molar-refractivity contribution in [3.05, 3.63) is 51.8 Å². The molecule has 2 aromatic rings. The van der Waals surface area contributed by atoms with Gasteiger partial charge in [-0.25, -0.2) is 0 Å². The van der Waals surface area contributed by atoms with Gasteiger partial charge in [-0.3, -0.25) is 14.8 Å². The number of ether oxygens (including phenoxy) is 1. The van der Waals surface area contributed by atoms with Gasteiger partial charge in [-0.2, -0.15) is 5.10 Å². The van der Waals surface area contributed by atoms with Crippen molar-refractivity contribution in [2.45, 2.75) is 13.0 Å². The van der Waals surface area contributed by atoms with Crippen LogP contribution in [0.4, 0.5) is 5.69 Å². The molecule has 0 radical (unpaired) electrons. The zero-order valence-electron chi connectivity index (χ0n) is 10.0. The van der Waals surface area contributed by atoms with Crippen molar-refractivity contribution in [2.24, 2.45) is 0 Å². The molecule has 6 nitrogen and oxygen atoms in total. The van der Waals surface area contributed by atoms with Gasteiger partial charge in [0.15, 0.2) is 0 Å². The van der Waals surface area contributed by atoms with Crippen molar-refractivity contribution < 1.29 is 9.66 Å². The standard InChI is InChI=1S/C12H12ClN3O3/c13-10-3-1-4-12(7-10)19-6-2-5-15-9-11(8-14-15)16(17)18/h1,3-4,7-9H,2,5-6H2. The highest BCUT2D eigenvalue weighted by molar-refractivity contribution is 6.30. The highest BCUT2D eigenvalue weighted by Gasteiger charge is 2.08. The SMILES string of the molecule is O=[N+]([O-])c1cnn(CCCOc2cccc(Cl)c2)c1. The van der Waals surface area contributed by atoms with E-state index in [1.165, 1.54) is 17.1 Å². The number of benzene rings is 1. The van der Waals surface area contributed by atoms with Crippen LogP contribution in [0.1, 0.15) is 6.42 Å².